The van der Waals surface area contributed by atoms with Crippen LogP contribution in [0.25, 0.3) is 0 Å². The Morgan fingerprint density at radius 2 is 2.08 bits per heavy atom. The van der Waals surface area contributed by atoms with Gasteiger partial charge in [-0.2, -0.15) is 0 Å². The monoisotopic (exact) mass is 176 g/mol. The lowest BCUT2D eigenvalue weighted by atomic mass is 9.67. The Morgan fingerprint density at radius 3 is 2.77 bits per heavy atom. The van der Waals surface area contributed by atoms with E-state index in [-0.39, 0.29) is 5.41 Å². The first-order valence-corrected chi connectivity index (χ1v) is 4.94. The lowest BCUT2D eigenvalue weighted by Gasteiger charge is -2.34. The van der Waals surface area contributed by atoms with Crippen molar-refractivity contribution in [3.05, 3.63) is 23.3 Å². The van der Waals surface area contributed by atoms with Crippen LogP contribution in [0, 0.1) is 11.3 Å². The highest BCUT2D eigenvalue weighted by molar-refractivity contribution is 6.01. The summed E-state index contributed by atoms with van der Waals surface area (Å²) in [6, 6.07) is 0. The predicted octanol–water partition coefficient (Wildman–Crippen LogP) is 2.88. The van der Waals surface area contributed by atoms with Crippen LogP contribution in [0.1, 0.15) is 33.6 Å². The number of fused-ring (bicyclic) bond motifs is 1. The average molecular weight is 176 g/mol. The molecule has 0 radical (unpaired) electrons. The molecule has 0 N–H and O–H groups in total. The third kappa shape index (κ3) is 1.03. The van der Waals surface area contributed by atoms with Crippen LogP contribution in [-0.2, 0) is 4.79 Å². The lowest BCUT2D eigenvalue weighted by Crippen LogP contribution is -2.36. The summed E-state index contributed by atoms with van der Waals surface area (Å²) in [5.74, 6) is 0.834. The molecule has 0 aromatic heterocycles. The topological polar surface area (TPSA) is 17.1 Å². The van der Waals surface area contributed by atoms with E-state index in [4.69, 9.17) is 0 Å². The number of Topliss-reactive ketones (excluding diaryl/α,β-unsaturated/α-hetero) is 1. The Hall–Kier alpha value is -0.850. The van der Waals surface area contributed by atoms with Gasteiger partial charge >= 0.3 is 0 Å². The first-order chi connectivity index (χ1) is 6.05. The maximum atomic E-state index is 12.0. The summed E-state index contributed by atoms with van der Waals surface area (Å²) >= 11 is 0. The van der Waals surface area contributed by atoms with Crippen molar-refractivity contribution in [1.29, 1.82) is 0 Å². The molecule has 0 heterocycles. The Morgan fingerprint density at radius 1 is 1.38 bits per heavy atom. The van der Waals surface area contributed by atoms with E-state index in [0.717, 1.165) is 18.4 Å². The van der Waals surface area contributed by atoms with Gasteiger partial charge in [-0.25, -0.2) is 0 Å². The minimum absolute atomic E-state index is 0.108. The van der Waals surface area contributed by atoms with Gasteiger partial charge in [-0.1, -0.05) is 24.6 Å². The van der Waals surface area contributed by atoms with E-state index in [0.29, 0.717) is 11.7 Å². The van der Waals surface area contributed by atoms with Gasteiger partial charge in [-0.15, -0.1) is 0 Å². The van der Waals surface area contributed by atoms with Gasteiger partial charge in [0.1, 0.15) is 0 Å². The molecule has 0 fully saturated rings. The van der Waals surface area contributed by atoms with E-state index in [1.165, 1.54) is 5.57 Å². The third-order valence-electron chi connectivity index (χ3n) is 3.70. The fraction of sp³-hybridized carbons (Fsp3) is 0.583. The molecule has 0 aromatic carbocycles. The summed E-state index contributed by atoms with van der Waals surface area (Å²) in [7, 11) is 0. The predicted molar refractivity (Wildman–Crippen MR) is 53.4 cm³/mol. The van der Waals surface area contributed by atoms with Gasteiger partial charge in [0.2, 0.25) is 0 Å². The maximum Gasteiger partial charge on any atom is 0.165 e. The average Bonchev–Trinajstić information content (AvgIpc) is 2.39. The number of allylic oxidation sites excluding steroid dienone is 4. The molecule has 2 aliphatic rings. The molecule has 70 valence electrons. The van der Waals surface area contributed by atoms with Crippen LogP contribution in [0.4, 0.5) is 0 Å². The molecule has 0 saturated heterocycles. The highest BCUT2D eigenvalue weighted by Crippen LogP contribution is 2.49. The number of hydrogen-bond donors (Lipinski definition) is 0. The van der Waals surface area contributed by atoms with Gasteiger partial charge in [0.15, 0.2) is 5.78 Å². The largest absolute Gasteiger partial charge is 0.294 e. The van der Waals surface area contributed by atoms with Crippen molar-refractivity contribution in [2.45, 2.75) is 33.6 Å². The second-order valence-corrected chi connectivity index (χ2v) is 4.57. The van der Waals surface area contributed by atoms with E-state index < -0.39 is 0 Å². The first kappa shape index (κ1) is 8.74. The normalized spacial score (nSPS) is 38.4. The minimum Gasteiger partial charge on any atom is -0.294 e. The number of carbonyl (C=O) groups excluding carboxylic acids is 1. The lowest BCUT2D eigenvalue weighted by molar-refractivity contribution is -0.126. The van der Waals surface area contributed by atoms with Crippen LogP contribution in [0.5, 0.6) is 0 Å². The molecule has 0 spiro atoms. The SMILES string of the molecule is CC1=CCC2C(C)=CCC2(C)C1=O. The number of hydrogen-bond acceptors (Lipinski definition) is 1. The van der Waals surface area contributed by atoms with Crippen molar-refractivity contribution in [1.82, 2.24) is 0 Å². The van der Waals surface area contributed by atoms with Crippen LogP contribution in [-0.4, -0.2) is 5.78 Å². The van der Waals surface area contributed by atoms with Crippen LogP contribution < -0.4 is 0 Å². The van der Waals surface area contributed by atoms with E-state index >= 15 is 0 Å². The van der Waals surface area contributed by atoms with Gasteiger partial charge in [-0.3, -0.25) is 4.79 Å². The van der Waals surface area contributed by atoms with Crippen LogP contribution in [0.2, 0.25) is 0 Å². The highest BCUT2D eigenvalue weighted by Gasteiger charge is 2.46. The zero-order valence-corrected chi connectivity index (χ0v) is 8.55. The van der Waals surface area contributed by atoms with Crippen LogP contribution in [0.3, 0.4) is 0 Å². The molecule has 0 bridgehead atoms. The summed E-state index contributed by atoms with van der Waals surface area (Å²) in [4.78, 5) is 12.0. The zero-order valence-electron chi connectivity index (χ0n) is 8.55. The smallest absolute Gasteiger partial charge is 0.165 e. The summed E-state index contributed by atoms with van der Waals surface area (Å²) in [5.41, 5.74) is 2.25. The molecule has 1 nitrogen and oxygen atoms in total. The van der Waals surface area contributed by atoms with E-state index in [1.54, 1.807) is 0 Å². The molecule has 0 amide bonds. The number of ketones is 1. The molecular weight excluding hydrogens is 160 g/mol. The highest BCUT2D eigenvalue weighted by atomic mass is 16.1. The minimum atomic E-state index is -0.108. The molecule has 1 heteroatoms. The second-order valence-electron chi connectivity index (χ2n) is 4.57. The standard InChI is InChI=1S/C12H16O/c1-8-6-7-12(3)10(8)5-4-9(2)11(12)13/h4,6,10H,5,7H2,1-3H3. The Labute approximate surface area is 79.5 Å². The van der Waals surface area contributed by atoms with Gasteiger partial charge in [0.05, 0.1) is 0 Å². The van der Waals surface area contributed by atoms with Crippen LogP contribution >= 0.6 is 0 Å². The van der Waals surface area contributed by atoms with E-state index in [1.807, 2.05) is 6.92 Å². The summed E-state index contributed by atoms with van der Waals surface area (Å²) < 4.78 is 0. The molecule has 13 heavy (non-hydrogen) atoms. The van der Waals surface area contributed by atoms with Crippen molar-refractivity contribution in [3.8, 4) is 0 Å². The molecule has 2 rings (SSSR count). The zero-order chi connectivity index (χ0) is 9.64. The van der Waals surface area contributed by atoms with E-state index in [2.05, 4.69) is 26.0 Å². The Balaban J connectivity index is 2.42. The Kier molecular flexibility index (Phi) is 1.73. The molecule has 2 atom stereocenters. The third-order valence-corrected chi connectivity index (χ3v) is 3.70. The molecule has 0 aromatic rings. The van der Waals surface area contributed by atoms with Crippen molar-refractivity contribution in [3.63, 3.8) is 0 Å². The van der Waals surface area contributed by atoms with Crippen molar-refractivity contribution < 1.29 is 4.79 Å². The summed E-state index contributed by atoms with van der Waals surface area (Å²) in [6.45, 7) is 6.21. The summed E-state index contributed by atoms with van der Waals surface area (Å²) in [6.07, 6.45) is 6.32. The van der Waals surface area contributed by atoms with Crippen LogP contribution in [0.15, 0.2) is 23.3 Å². The fourth-order valence-electron chi connectivity index (χ4n) is 2.69. The number of carbonyl (C=O) groups is 1. The van der Waals surface area contributed by atoms with Gasteiger partial charge in [0.25, 0.3) is 0 Å². The molecule has 0 saturated carbocycles. The van der Waals surface area contributed by atoms with Crippen molar-refractivity contribution >= 4 is 5.78 Å². The fourth-order valence-corrected chi connectivity index (χ4v) is 2.69. The van der Waals surface area contributed by atoms with Crippen molar-refractivity contribution in [2.75, 3.05) is 0 Å². The molecule has 0 aliphatic heterocycles. The van der Waals surface area contributed by atoms with Gasteiger partial charge in [0, 0.05) is 5.41 Å². The second kappa shape index (κ2) is 2.57. The van der Waals surface area contributed by atoms with Crippen molar-refractivity contribution in [2.24, 2.45) is 11.3 Å². The molecule has 2 aliphatic carbocycles. The Bertz CT molecular complexity index is 322. The van der Waals surface area contributed by atoms with E-state index in [9.17, 15) is 4.79 Å². The molecular formula is C12H16O. The number of rotatable bonds is 0. The summed E-state index contributed by atoms with van der Waals surface area (Å²) in [5, 5.41) is 0. The quantitative estimate of drug-likeness (QED) is 0.519. The van der Waals surface area contributed by atoms with Gasteiger partial charge in [-0.05, 0) is 38.2 Å². The van der Waals surface area contributed by atoms with Gasteiger partial charge < -0.3 is 0 Å². The molecule has 2 unspecified atom stereocenters. The first-order valence-electron chi connectivity index (χ1n) is 4.94. The maximum absolute atomic E-state index is 12.0.